The molecule has 0 radical (unpaired) electrons. The van der Waals surface area contributed by atoms with E-state index in [0.717, 1.165) is 20.3 Å². The number of hydrogen-bond acceptors (Lipinski definition) is 4. The van der Waals surface area contributed by atoms with Crippen LogP contribution in [0.15, 0.2) is 34.4 Å². The van der Waals surface area contributed by atoms with Crippen molar-refractivity contribution in [1.29, 1.82) is 0 Å². The second-order valence-corrected chi connectivity index (χ2v) is 5.53. The second kappa shape index (κ2) is 4.33. The largest absolute Gasteiger partial charge is 0.252 e. The number of halogens is 2. The van der Waals surface area contributed by atoms with Crippen molar-refractivity contribution in [2.45, 2.75) is 0 Å². The molecule has 0 aliphatic carbocycles. The summed E-state index contributed by atoms with van der Waals surface area (Å²) in [5.74, 6) is 0.614. The van der Waals surface area contributed by atoms with Crippen LogP contribution in [0.3, 0.4) is 0 Å². The van der Waals surface area contributed by atoms with Crippen LogP contribution in [0.1, 0.15) is 0 Å². The average Bonchev–Trinajstić information content (AvgIpc) is 2.81. The molecule has 0 fully saturated rings. The summed E-state index contributed by atoms with van der Waals surface area (Å²) in [5.41, 5.74) is 2.57. The first kappa shape index (κ1) is 11.1. The third-order valence-corrected chi connectivity index (χ3v) is 3.82. The maximum Gasteiger partial charge on any atom is 0.173 e. The second-order valence-electron chi connectivity index (χ2n) is 3.37. The zero-order chi connectivity index (χ0) is 11.8. The van der Waals surface area contributed by atoms with Crippen LogP contribution in [0.2, 0.25) is 5.15 Å². The smallest absolute Gasteiger partial charge is 0.173 e. The van der Waals surface area contributed by atoms with Crippen molar-refractivity contribution >= 4 is 49.8 Å². The molecule has 84 valence electrons. The molecular weight excluding hydrogens is 322 g/mol. The molecular formula is C11H5BrClN3S. The fourth-order valence-electron chi connectivity index (χ4n) is 1.50. The van der Waals surface area contributed by atoms with Crippen molar-refractivity contribution in [3.63, 3.8) is 0 Å². The van der Waals surface area contributed by atoms with Crippen LogP contribution in [-0.4, -0.2) is 15.0 Å². The molecule has 3 aromatic rings. The topological polar surface area (TPSA) is 38.7 Å². The lowest BCUT2D eigenvalue weighted by molar-refractivity contribution is 1.23. The molecule has 0 aliphatic heterocycles. The number of benzene rings is 1. The lowest BCUT2D eigenvalue weighted by atomic mass is 10.2. The van der Waals surface area contributed by atoms with Gasteiger partial charge in [0.2, 0.25) is 0 Å². The minimum absolute atomic E-state index is 0.464. The van der Waals surface area contributed by atoms with Gasteiger partial charge in [-0.3, -0.25) is 4.98 Å². The number of rotatable bonds is 1. The van der Waals surface area contributed by atoms with Gasteiger partial charge in [-0.25, -0.2) is 9.97 Å². The summed E-state index contributed by atoms with van der Waals surface area (Å²) < 4.78 is 0.968. The van der Waals surface area contributed by atoms with Gasteiger partial charge >= 0.3 is 0 Å². The van der Waals surface area contributed by atoms with Gasteiger partial charge in [0.05, 0.1) is 15.9 Å². The van der Waals surface area contributed by atoms with Crippen LogP contribution in [0.5, 0.6) is 0 Å². The van der Waals surface area contributed by atoms with Crippen LogP contribution < -0.4 is 0 Å². The van der Waals surface area contributed by atoms with E-state index in [9.17, 15) is 0 Å². The first-order valence-electron chi connectivity index (χ1n) is 4.76. The molecule has 0 bridgehead atoms. The van der Waals surface area contributed by atoms with Gasteiger partial charge < -0.3 is 0 Å². The number of fused-ring (bicyclic) bond motifs is 1. The van der Waals surface area contributed by atoms with Crippen LogP contribution in [0, 0.1) is 0 Å². The van der Waals surface area contributed by atoms with E-state index < -0.39 is 0 Å². The monoisotopic (exact) mass is 325 g/mol. The van der Waals surface area contributed by atoms with Crippen molar-refractivity contribution in [3.05, 3.63) is 39.5 Å². The third-order valence-electron chi connectivity index (χ3n) is 2.27. The lowest BCUT2D eigenvalue weighted by Crippen LogP contribution is -1.90. The van der Waals surface area contributed by atoms with Gasteiger partial charge in [-0.2, -0.15) is 0 Å². The molecule has 0 saturated carbocycles. The maximum absolute atomic E-state index is 6.15. The standard InChI is InChI=1S/C11H5BrClN3S/c12-6-1-2-7-8(3-6)15-11(16-10(7)13)9-4-14-5-17-9/h1-5H. The normalized spacial score (nSPS) is 10.9. The van der Waals surface area contributed by atoms with Crippen molar-refractivity contribution in [1.82, 2.24) is 15.0 Å². The summed E-state index contributed by atoms with van der Waals surface area (Å²) in [6, 6.07) is 5.75. The first-order chi connectivity index (χ1) is 8.24. The molecule has 17 heavy (non-hydrogen) atoms. The van der Waals surface area contributed by atoms with E-state index in [2.05, 4.69) is 30.9 Å². The highest BCUT2D eigenvalue weighted by atomic mass is 79.9. The van der Waals surface area contributed by atoms with E-state index in [4.69, 9.17) is 11.6 Å². The molecule has 0 aliphatic rings. The molecule has 0 saturated heterocycles. The van der Waals surface area contributed by atoms with E-state index in [0.29, 0.717) is 11.0 Å². The number of nitrogens with zero attached hydrogens (tertiary/aromatic N) is 3. The lowest BCUT2D eigenvalue weighted by Gasteiger charge is -2.02. The highest BCUT2D eigenvalue weighted by Gasteiger charge is 2.09. The Balaban J connectivity index is 2.29. The SMILES string of the molecule is Clc1nc(-c2cncs2)nc2cc(Br)ccc12. The van der Waals surface area contributed by atoms with E-state index in [-0.39, 0.29) is 0 Å². The highest BCUT2D eigenvalue weighted by Crippen LogP contribution is 2.28. The molecule has 2 heterocycles. The Morgan fingerprint density at radius 1 is 1.24 bits per heavy atom. The van der Waals surface area contributed by atoms with E-state index in [1.54, 1.807) is 11.7 Å². The zero-order valence-corrected chi connectivity index (χ0v) is 11.6. The minimum Gasteiger partial charge on any atom is -0.252 e. The summed E-state index contributed by atoms with van der Waals surface area (Å²) in [6.45, 7) is 0. The van der Waals surface area contributed by atoms with Crippen LogP contribution in [-0.2, 0) is 0 Å². The Morgan fingerprint density at radius 2 is 2.12 bits per heavy atom. The predicted octanol–water partition coefficient (Wildman–Crippen LogP) is 4.17. The first-order valence-corrected chi connectivity index (χ1v) is 6.81. The Morgan fingerprint density at radius 3 is 2.88 bits per heavy atom. The Kier molecular flexibility index (Phi) is 2.82. The molecule has 3 rings (SSSR count). The van der Waals surface area contributed by atoms with Gasteiger partial charge in [0.25, 0.3) is 0 Å². The Bertz CT molecular complexity index is 684. The van der Waals surface area contributed by atoms with Crippen LogP contribution >= 0.6 is 38.9 Å². The molecule has 1 aromatic carbocycles. The Labute approximate surface area is 115 Å². The van der Waals surface area contributed by atoms with Crippen molar-refractivity contribution < 1.29 is 0 Å². The summed E-state index contributed by atoms with van der Waals surface area (Å²) in [4.78, 5) is 13.7. The zero-order valence-electron chi connectivity index (χ0n) is 8.39. The number of aromatic nitrogens is 3. The van der Waals surface area contributed by atoms with Crippen LogP contribution in [0.4, 0.5) is 0 Å². The summed E-state index contributed by atoms with van der Waals surface area (Å²) >= 11 is 11.1. The van der Waals surface area contributed by atoms with Crippen molar-refractivity contribution in [2.24, 2.45) is 0 Å². The molecule has 3 nitrogen and oxygen atoms in total. The maximum atomic E-state index is 6.15. The van der Waals surface area contributed by atoms with Crippen LogP contribution in [0.25, 0.3) is 21.6 Å². The number of hydrogen-bond donors (Lipinski definition) is 0. The van der Waals surface area contributed by atoms with Crippen molar-refractivity contribution in [2.75, 3.05) is 0 Å². The molecule has 0 N–H and O–H groups in total. The third kappa shape index (κ3) is 2.06. The quantitative estimate of drug-likeness (QED) is 0.630. The fraction of sp³-hybridized carbons (Fsp3) is 0. The van der Waals surface area contributed by atoms with E-state index in [1.165, 1.54) is 11.3 Å². The number of thiazole rings is 1. The molecule has 0 atom stereocenters. The van der Waals surface area contributed by atoms with Gasteiger partial charge in [-0.1, -0.05) is 27.5 Å². The molecule has 6 heteroatoms. The fourth-order valence-corrected chi connectivity index (χ4v) is 2.64. The van der Waals surface area contributed by atoms with Gasteiger partial charge in [-0.05, 0) is 18.2 Å². The minimum atomic E-state index is 0.464. The molecule has 2 aromatic heterocycles. The van der Waals surface area contributed by atoms with E-state index in [1.807, 2.05) is 18.2 Å². The van der Waals surface area contributed by atoms with Gasteiger partial charge in [0.15, 0.2) is 5.82 Å². The molecule has 0 spiro atoms. The summed E-state index contributed by atoms with van der Waals surface area (Å²) in [6.07, 6.45) is 1.74. The Hall–Kier alpha value is -1.04. The van der Waals surface area contributed by atoms with E-state index >= 15 is 0 Å². The average molecular weight is 327 g/mol. The summed E-state index contributed by atoms with van der Waals surface area (Å²) in [5, 5.41) is 1.31. The summed E-state index contributed by atoms with van der Waals surface area (Å²) in [7, 11) is 0. The van der Waals surface area contributed by atoms with Gasteiger partial charge in [-0.15, -0.1) is 11.3 Å². The highest BCUT2D eigenvalue weighted by molar-refractivity contribution is 9.10. The predicted molar refractivity (Wildman–Crippen MR) is 73.4 cm³/mol. The molecule has 0 unspecified atom stereocenters. The van der Waals surface area contributed by atoms with Gasteiger partial charge in [0, 0.05) is 16.1 Å². The molecule has 0 amide bonds. The van der Waals surface area contributed by atoms with Crippen molar-refractivity contribution in [3.8, 4) is 10.7 Å². The van der Waals surface area contributed by atoms with Gasteiger partial charge in [0.1, 0.15) is 5.15 Å².